The molecule has 0 saturated carbocycles. The standard InChI is InChI=1S/C8H8FN5O2/c9-7-2-1-6(14(15)16)3-5(7)4-12-13-8(10)11/h1-4H,(H4,10,11,13)/b12-4+. The van der Waals surface area contributed by atoms with Crippen LogP contribution in [0.3, 0.4) is 0 Å². The van der Waals surface area contributed by atoms with Crippen molar-refractivity contribution < 1.29 is 9.31 Å². The van der Waals surface area contributed by atoms with Gasteiger partial charge in [-0.05, 0) is 6.07 Å². The molecule has 4 N–H and O–H groups in total. The van der Waals surface area contributed by atoms with Crippen LogP contribution in [0.4, 0.5) is 10.1 Å². The van der Waals surface area contributed by atoms with Gasteiger partial charge in [0, 0.05) is 17.7 Å². The van der Waals surface area contributed by atoms with Crippen LogP contribution >= 0.6 is 0 Å². The summed E-state index contributed by atoms with van der Waals surface area (Å²) in [6, 6.07) is 3.04. The van der Waals surface area contributed by atoms with Gasteiger partial charge in [-0.2, -0.15) is 5.10 Å². The average molecular weight is 225 g/mol. The van der Waals surface area contributed by atoms with Crippen molar-refractivity contribution in [2.45, 2.75) is 0 Å². The maximum Gasteiger partial charge on any atom is 0.270 e. The van der Waals surface area contributed by atoms with E-state index in [0.717, 1.165) is 24.4 Å². The van der Waals surface area contributed by atoms with E-state index in [-0.39, 0.29) is 17.2 Å². The van der Waals surface area contributed by atoms with Crippen molar-refractivity contribution >= 4 is 17.9 Å². The van der Waals surface area contributed by atoms with Crippen LogP contribution in [0, 0.1) is 15.9 Å². The van der Waals surface area contributed by atoms with Crippen LogP contribution in [0.1, 0.15) is 5.56 Å². The average Bonchev–Trinajstić information content (AvgIpc) is 2.20. The maximum absolute atomic E-state index is 13.1. The number of hydrogen-bond donors (Lipinski definition) is 2. The van der Waals surface area contributed by atoms with E-state index in [1.54, 1.807) is 0 Å². The number of nitrogens with zero attached hydrogens (tertiary/aromatic N) is 3. The number of rotatable bonds is 3. The summed E-state index contributed by atoms with van der Waals surface area (Å²) in [5.74, 6) is -0.942. The number of hydrogen-bond acceptors (Lipinski definition) is 4. The normalized spacial score (nSPS) is 10.3. The summed E-state index contributed by atoms with van der Waals surface area (Å²) in [5.41, 5.74) is 9.66. The fraction of sp³-hybridized carbons (Fsp3) is 0. The number of nitro benzene ring substituents is 1. The van der Waals surface area contributed by atoms with Gasteiger partial charge in [0.15, 0.2) is 0 Å². The van der Waals surface area contributed by atoms with Crippen molar-refractivity contribution in [1.82, 2.24) is 0 Å². The third-order valence-corrected chi connectivity index (χ3v) is 1.56. The Hall–Kier alpha value is -2.51. The zero-order chi connectivity index (χ0) is 12.1. The molecule has 0 bridgehead atoms. The molecule has 0 heterocycles. The van der Waals surface area contributed by atoms with Crippen molar-refractivity contribution in [3.8, 4) is 0 Å². The van der Waals surface area contributed by atoms with Crippen molar-refractivity contribution in [2.75, 3.05) is 0 Å². The predicted molar refractivity (Wildman–Crippen MR) is 56.5 cm³/mol. The molecule has 0 spiro atoms. The lowest BCUT2D eigenvalue weighted by Crippen LogP contribution is -2.21. The Morgan fingerprint density at radius 3 is 2.75 bits per heavy atom. The topological polar surface area (TPSA) is 120 Å². The molecular formula is C8H8FN5O2. The first-order valence-electron chi connectivity index (χ1n) is 4.06. The Labute approximate surface area is 89.4 Å². The van der Waals surface area contributed by atoms with Crippen LogP contribution in [0.2, 0.25) is 0 Å². The molecule has 7 nitrogen and oxygen atoms in total. The minimum absolute atomic E-state index is 0.0702. The van der Waals surface area contributed by atoms with E-state index in [1.807, 2.05) is 0 Å². The second kappa shape index (κ2) is 4.82. The largest absolute Gasteiger partial charge is 0.369 e. The lowest BCUT2D eigenvalue weighted by molar-refractivity contribution is -0.384. The summed E-state index contributed by atoms with van der Waals surface area (Å²) in [4.78, 5) is 9.78. The quantitative estimate of drug-likeness (QED) is 0.333. The van der Waals surface area contributed by atoms with Crippen molar-refractivity contribution in [3.63, 3.8) is 0 Å². The highest BCUT2D eigenvalue weighted by Crippen LogP contribution is 2.15. The van der Waals surface area contributed by atoms with Gasteiger partial charge in [0.05, 0.1) is 11.1 Å². The van der Waals surface area contributed by atoms with E-state index in [2.05, 4.69) is 10.2 Å². The van der Waals surface area contributed by atoms with Gasteiger partial charge in [-0.15, -0.1) is 5.10 Å². The molecule has 0 atom stereocenters. The highest BCUT2D eigenvalue weighted by atomic mass is 19.1. The van der Waals surface area contributed by atoms with Crippen molar-refractivity contribution in [2.24, 2.45) is 21.7 Å². The Kier molecular flexibility index (Phi) is 3.49. The zero-order valence-electron chi connectivity index (χ0n) is 8.00. The number of non-ortho nitro benzene ring substituents is 1. The molecule has 0 aliphatic carbocycles. The highest BCUT2D eigenvalue weighted by Gasteiger charge is 2.08. The molecule has 0 fully saturated rings. The van der Waals surface area contributed by atoms with Gasteiger partial charge in [-0.1, -0.05) is 0 Å². The fourth-order valence-corrected chi connectivity index (χ4v) is 0.901. The molecule has 0 saturated heterocycles. The number of halogens is 1. The second-order valence-electron chi connectivity index (χ2n) is 2.73. The third kappa shape index (κ3) is 3.01. The van der Waals surface area contributed by atoms with Gasteiger partial charge in [-0.25, -0.2) is 4.39 Å². The Morgan fingerprint density at radius 1 is 1.50 bits per heavy atom. The van der Waals surface area contributed by atoms with Gasteiger partial charge in [0.25, 0.3) is 5.69 Å². The third-order valence-electron chi connectivity index (χ3n) is 1.56. The lowest BCUT2D eigenvalue weighted by Gasteiger charge is -1.95. The first-order chi connectivity index (χ1) is 7.50. The maximum atomic E-state index is 13.1. The van der Waals surface area contributed by atoms with Crippen LogP contribution in [-0.4, -0.2) is 17.1 Å². The molecule has 0 aromatic heterocycles. The van der Waals surface area contributed by atoms with Gasteiger partial charge in [0.2, 0.25) is 5.96 Å². The van der Waals surface area contributed by atoms with Gasteiger partial charge in [0.1, 0.15) is 5.82 Å². The first kappa shape index (κ1) is 11.6. The molecule has 0 aliphatic rings. The van der Waals surface area contributed by atoms with Crippen LogP contribution < -0.4 is 11.5 Å². The number of nitrogens with two attached hydrogens (primary N) is 2. The number of benzene rings is 1. The molecule has 0 radical (unpaired) electrons. The smallest absolute Gasteiger partial charge is 0.270 e. The van der Waals surface area contributed by atoms with Crippen LogP contribution in [0.15, 0.2) is 28.4 Å². The van der Waals surface area contributed by atoms with Crippen molar-refractivity contribution in [3.05, 3.63) is 39.7 Å². The molecule has 1 rings (SSSR count). The van der Waals surface area contributed by atoms with Gasteiger partial charge in [-0.3, -0.25) is 10.1 Å². The van der Waals surface area contributed by atoms with Crippen LogP contribution in [0.25, 0.3) is 0 Å². The van der Waals surface area contributed by atoms with Gasteiger partial charge < -0.3 is 11.5 Å². The molecule has 0 unspecified atom stereocenters. The Bertz CT molecular complexity index is 467. The van der Waals surface area contributed by atoms with Crippen LogP contribution in [0.5, 0.6) is 0 Å². The summed E-state index contributed by atoms with van der Waals surface area (Å²) in [6.07, 6.45) is 0.988. The Morgan fingerprint density at radius 2 is 2.19 bits per heavy atom. The molecule has 1 aromatic carbocycles. The van der Waals surface area contributed by atoms with E-state index in [4.69, 9.17) is 11.5 Å². The molecule has 0 amide bonds. The monoisotopic (exact) mass is 225 g/mol. The first-order valence-corrected chi connectivity index (χ1v) is 4.06. The summed E-state index contributed by atoms with van der Waals surface area (Å²) < 4.78 is 13.1. The lowest BCUT2D eigenvalue weighted by atomic mass is 10.2. The Balaban J connectivity index is 3.03. The summed E-state index contributed by atoms with van der Waals surface area (Å²) in [5, 5.41) is 17.0. The summed E-state index contributed by atoms with van der Waals surface area (Å²) >= 11 is 0. The number of nitro groups is 1. The van der Waals surface area contributed by atoms with E-state index in [9.17, 15) is 14.5 Å². The zero-order valence-corrected chi connectivity index (χ0v) is 8.00. The van der Waals surface area contributed by atoms with E-state index in [1.165, 1.54) is 0 Å². The minimum Gasteiger partial charge on any atom is -0.369 e. The van der Waals surface area contributed by atoms with E-state index < -0.39 is 10.7 Å². The molecule has 0 aliphatic heterocycles. The molecule has 1 aromatic rings. The fourth-order valence-electron chi connectivity index (χ4n) is 0.901. The summed E-state index contributed by atoms with van der Waals surface area (Å²) in [7, 11) is 0. The van der Waals surface area contributed by atoms with Crippen molar-refractivity contribution in [1.29, 1.82) is 0 Å². The van der Waals surface area contributed by atoms with Gasteiger partial charge >= 0.3 is 0 Å². The molecule has 16 heavy (non-hydrogen) atoms. The molecular weight excluding hydrogens is 217 g/mol. The van der Waals surface area contributed by atoms with Crippen LogP contribution in [-0.2, 0) is 0 Å². The predicted octanol–water partition coefficient (Wildman–Crippen LogP) is 0.341. The minimum atomic E-state index is -0.653. The van der Waals surface area contributed by atoms with E-state index >= 15 is 0 Å². The molecule has 84 valence electrons. The second-order valence-corrected chi connectivity index (χ2v) is 2.73. The highest BCUT2D eigenvalue weighted by molar-refractivity contribution is 5.82. The van der Waals surface area contributed by atoms with E-state index in [0.29, 0.717) is 0 Å². The number of guanidine groups is 1. The SMILES string of the molecule is NC(N)=N/N=C/c1cc([N+](=O)[O-])ccc1F. The molecule has 8 heteroatoms. The summed E-state index contributed by atoms with van der Waals surface area (Å²) in [6.45, 7) is 0.